The molecule has 5 nitrogen and oxygen atoms in total. The van der Waals surface area contributed by atoms with Gasteiger partial charge in [0.05, 0.1) is 11.4 Å². The monoisotopic (exact) mass is 312 g/mol. The van der Waals surface area contributed by atoms with Crippen molar-refractivity contribution in [2.24, 2.45) is 0 Å². The van der Waals surface area contributed by atoms with E-state index in [1.54, 1.807) is 4.68 Å². The van der Waals surface area contributed by atoms with Crippen LogP contribution in [-0.4, -0.2) is 24.4 Å². The van der Waals surface area contributed by atoms with E-state index < -0.39 is 10.8 Å². The number of tetrazole rings is 1. The van der Waals surface area contributed by atoms with Gasteiger partial charge in [-0.1, -0.05) is 48.0 Å². The van der Waals surface area contributed by atoms with Gasteiger partial charge in [-0.2, -0.15) is 4.68 Å². The van der Waals surface area contributed by atoms with Crippen LogP contribution in [0.1, 0.15) is 17.0 Å². The van der Waals surface area contributed by atoms with E-state index in [0.717, 1.165) is 11.3 Å². The number of hydrogen-bond acceptors (Lipinski definition) is 4. The van der Waals surface area contributed by atoms with Gasteiger partial charge in [-0.15, -0.1) is 5.10 Å². The maximum absolute atomic E-state index is 12.4. The summed E-state index contributed by atoms with van der Waals surface area (Å²) in [6.45, 7) is 2.03. The van der Waals surface area contributed by atoms with Crippen LogP contribution in [0.2, 0.25) is 0 Å². The number of aryl methyl sites for hydroxylation is 1. The van der Waals surface area contributed by atoms with Crippen LogP contribution in [-0.2, 0) is 22.3 Å². The first kappa shape index (κ1) is 14.6. The van der Waals surface area contributed by atoms with Gasteiger partial charge in [-0.25, -0.2) is 0 Å². The lowest BCUT2D eigenvalue weighted by atomic mass is 10.2. The summed E-state index contributed by atoms with van der Waals surface area (Å²) in [5.41, 5.74) is 3.11. The zero-order valence-electron chi connectivity index (χ0n) is 12.2. The summed E-state index contributed by atoms with van der Waals surface area (Å²) in [5, 5.41) is 11.7. The van der Waals surface area contributed by atoms with Crippen LogP contribution in [0.4, 0.5) is 0 Å². The molecule has 0 amide bonds. The van der Waals surface area contributed by atoms with Crippen molar-refractivity contribution in [1.29, 1.82) is 0 Å². The second kappa shape index (κ2) is 6.62. The molecular formula is C16H16N4OS. The Kier molecular flexibility index (Phi) is 4.39. The Morgan fingerprint density at radius 3 is 2.64 bits per heavy atom. The molecule has 0 aliphatic carbocycles. The standard InChI is InChI=1S/C16H16N4OS/c1-13-6-5-7-14(10-13)11-22(21)12-16-17-18-19-20(16)15-8-3-2-4-9-15/h2-10H,11-12H2,1H3/t22-/m0/s1. The molecule has 1 aromatic heterocycles. The number of aromatic nitrogens is 4. The zero-order valence-corrected chi connectivity index (χ0v) is 13.0. The van der Waals surface area contributed by atoms with E-state index in [4.69, 9.17) is 0 Å². The van der Waals surface area contributed by atoms with E-state index in [-0.39, 0.29) is 0 Å². The molecular weight excluding hydrogens is 296 g/mol. The summed E-state index contributed by atoms with van der Waals surface area (Å²) in [5.74, 6) is 1.44. The lowest BCUT2D eigenvalue weighted by Crippen LogP contribution is -2.07. The fourth-order valence-corrected chi connectivity index (χ4v) is 3.37. The van der Waals surface area contributed by atoms with Crippen molar-refractivity contribution in [2.45, 2.75) is 18.4 Å². The number of rotatable bonds is 5. The maximum Gasteiger partial charge on any atom is 0.169 e. The molecule has 3 aromatic rings. The van der Waals surface area contributed by atoms with Crippen molar-refractivity contribution in [1.82, 2.24) is 20.2 Å². The number of benzene rings is 2. The third-order valence-electron chi connectivity index (χ3n) is 3.24. The minimum atomic E-state index is -1.06. The average molecular weight is 312 g/mol. The van der Waals surface area contributed by atoms with E-state index in [9.17, 15) is 4.21 Å². The quantitative estimate of drug-likeness (QED) is 0.726. The Bertz CT molecular complexity index is 786. The largest absolute Gasteiger partial charge is 0.259 e. The fourth-order valence-electron chi connectivity index (χ4n) is 2.25. The molecule has 0 saturated heterocycles. The molecule has 2 aromatic carbocycles. The third-order valence-corrected chi connectivity index (χ3v) is 4.47. The first-order valence-corrected chi connectivity index (χ1v) is 8.44. The highest BCUT2D eigenvalue weighted by Crippen LogP contribution is 2.12. The van der Waals surface area contributed by atoms with Crippen molar-refractivity contribution in [3.05, 3.63) is 71.5 Å². The van der Waals surface area contributed by atoms with Crippen LogP contribution >= 0.6 is 0 Å². The molecule has 0 bridgehead atoms. The van der Waals surface area contributed by atoms with Crippen molar-refractivity contribution >= 4 is 10.8 Å². The molecule has 112 valence electrons. The predicted octanol–water partition coefficient (Wildman–Crippen LogP) is 2.42. The minimum Gasteiger partial charge on any atom is -0.259 e. The maximum atomic E-state index is 12.4. The van der Waals surface area contributed by atoms with E-state index in [1.165, 1.54) is 5.56 Å². The smallest absolute Gasteiger partial charge is 0.169 e. The van der Waals surface area contributed by atoms with Crippen LogP contribution in [0.3, 0.4) is 0 Å². The minimum absolute atomic E-state index is 0.329. The molecule has 0 radical (unpaired) electrons. The Morgan fingerprint density at radius 1 is 1.05 bits per heavy atom. The molecule has 0 spiro atoms. The first-order valence-electron chi connectivity index (χ1n) is 6.95. The van der Waals surface area contributed by atoms with Crippen molar-refractivity contribution in [3.8, 4) is 5.69 Å². The molecule has 22 heavy (non-hydrogen) atoms. The second-order valence-corrected chi connectivity index (χ2v) is 6.52. The summed E-state index contributed by atoms with van der Waals surface area (Å²) in [7, 11) is -1.06. The van der Waals surface area contributed by atoms with Crippen LogP contribution in [0, 0.1) is 6.92 Å². The highest BCUT2D eigenvalue weighted by molar-refractivity contribution is 7.83. The predicted molar refractivity (Wildman–Crippen MR) is 85.9 cm³/mol. The van der Waals surface area contributed by atoms with Crippen LogP contribution in [0.5, 0.6) is 0 Å². The van der Waals surface area contributed by atoms with Gasteiger partial charge in [-0.05, 0) is 35.0 Å². The molecule has 0 fully saturated rings. The molecule has 0 aliphatic heterocycles. The molecule has 0 unspecified atom stereocenters. The first-order chi connectivity index (χ1) is 10.7. The highest BCUT2D eigenvalue weighted by Gasteiger charge is 2.12. The van der Waals surface area contributed by atoms with Gasteiger partial charge in [0.2, 0.25) is 0 Å². The van der Waals surface area contributed by atoms with Gasteiger partial charge in [0, 0.05) is 16.6 Å². The molecule has 0 aliphatic rings. The Hall–Kier alpha value is -2.34. The number of nitrogens with zero attached hydrogens (tertiary/aromatic N) is 4. The molecule has 0 saturated carbocycles. The number of para-hydroxylation sites is 1. The van der Waals surface area contributed by atoms with Gasteiger partial charge in [0.1, 0.15) is 0 Å². The van der Waals surface area contributed by atoms with Gasteiger partial charge in [0.15, 0.2) is 5.82 Å². The summed E-state index contributed by atoms with van der Waals surface area (Å²) in [4.78, 5) is 0. The lowest BCUT2D eigenvalue weighted by Gasteiger charge is -2.05. The van der Waals surface area contributed by atoms with Crippen LogP contribution in [0.15, 0.2) is 54.6 Å². The van der Waals surface area contributed by atoms with Gasteiger partial charge < -0.3 is 0 Å². The van der Waals surface area contributed by atoms with Crippen molar-refractivity contribution in [3.63, 3.8) is 0 Å². The van der Waals surface area contributed by atoms with Gasteiger partial charge in [0.25, 0.3) is 0 Å². The van der Waals surface area contributed by atoms with E-state index in [2.05, 4.69) is 21.6 Å². The Morgan fingerprint density at radius 2 is 1.86 bits per heavy atom. The van der Waals surface area contributed by atoms with Gasteiger partial charge in [-0.3, -0.25) is 4.21 Å². The molecule has 6 heteroatoms. The van der Waals surface area contributed by atoms with Crippen molar-refractivity contribution < 1.29 is 4.21 Å². The Labute approximate surface area is 131 Å². The average Bonchev–Trinajstić information content (AvgIpc) is 2.96. The summed E-state index contributed by atoms with van der Waals surface area (Å²) >= 11 is 0. The zero-order chi connectivity index (χ0) is 15.4. The fraction of sp³-hybridized carbons (Fsp3) is 0.188. The summed E-state index contributed by atoms with van der Waals surface area (Å²) in [6, 6.07) is 17.7. The lowest BCUT2D eigenvalue weighted by molar-refractivity contribution is 0.679. The third kappa shape index (κ3) is 3.46. The topological polar surface area (TPSA) is 60.7 Å². The van der Waals surface area contributed by atoms with Crippen LogP contribution in [0.25, 0.3) is 5.69 Å². The van der Waals surface area contributed by atoms with E-state index >= 15 is 0 Å². The molecule has 1 atom stereocenters. The second-order valence-electron chi connectivity index (χ2n) is 5.06. The number of hydrogen-bond donors (Lipinski definition) is 0. The Balaban J connectivity index is 1.74. The summed E-state index contributed by atoms with van der Waals surface area (Å²) in [6.07, 6.45) is 0. The molecule has 0 N–H and O–H groups in total. The van der Waals surface area contributed by atoms with E-state index in [1.807, 2.05) is 55.5 Å². The SMILES string of the molecule is Cc1cccc(C[S@](=O)Cc2nnnn2-c2ccccc2)c1. The molecule has 1 heterocycles. The normalized spacial score (nSPS) is 12.2. The van der Waals surface area contributed by atoms with Crippen LogP contribution < -0.4 is 0 Å². The van der Waals surface area contributed by atoms with Gasteiger partial charge >= 0.3 is 0 Å². The summed E-state index contributed by atoms with van der Waals surface area (Å²) < 4.78 is 14.0. The van der Waals surface area contributed by atoms with Crippen molar-refractivity contribution in [2.75, 3.05) is 0 Å². The van der Waals surface area contributed by atoms with E-state index in [0.29, 0.717) is 17.3 Å². The molecule has 3 rings (SSSR count). The highest BCUT2D eigenvalue weighted by atomic mass is 32.2.